The number of methoxy groups -OCH3 is 3. The zero-order valence-corrected chi connectivity index (χ0v) is 20.1. The van der Waals surface area contributed by atoms with Crippen LogP contribution in [0.1, 0.15) is 10.4 Å². The number of amides is 1. The first kappa shape index (κ1) is 24.3. The molecule has 3 aromatic carbocycles. The molecule has 36 heavy (non-hydrogen) atoms. The molecule has 4 aromatic rings. The van der Waals surface area contributed by atoms with Gasteiger partial charge in [0.1, 0.15) is 17.0 Å². The van der Waals surface area contributed by atoms with E-state index in [9.17, 15) is 9.59 Å². The Bertz CT molecular complexity index is 1350. The van der Waals surface area contributed by atoms with Gasteiger partial charge < -0.3 is 24.3 Å². The lowest BCUT2D eigenvalue weighted by molar-refractivity contribution is -0.119. The van der Waals surface area contributed by atoms with Crippen molar-refractivity contribution in [1.82, 2.24) is 9.78 Å². The molecular formula is C27H25N3O6. The molecule has 184 valence electrons. The molecule has 0 fully saturated rings. The third kappa shape index (κ3) is 5.47. The molecule has 1 heterocycles. The van der Waals surface area contributed by atoms with Crippen LogP contribution in [0.2, 0.25) is 0 Å². The van der Waals surface area contributed by atoms with Gasteiger partial charge in [-0.1, -0.05) is 18.2 Å². The van der Waals surface area contributed by atoms with Crippen LogP contribution in [-0.2, 0) is 9.53 Å². The number of nitrogens with one attached hydrogen (secondary N) is 1. The molecule has 4 rings (SSSR count). The zero-order valence-electron chi connectivity index (χ0n) is 20.1. The largest absolute Gasteiger partial charge is 0.497 e. The summed E-state index contributed by atoms with van der Waals surface area (Å²) in [6, 6.07) is 21.5. The molecule has 0 unspecified atom stereocenters. The van der Waals surface area contributed by atoms with Crippen molar-refractivity contribution in [3.63, 3.8) is 0 Å². The van der Waals surface area contributed by atoms with Crippen molar-refractivity contribution in [2.75, 3.05) is 33.3 Å². The molecule has 1 N–H and O–H groups in total. The molecule has 9 nitrogen and oxygen atoms in total. The molecule has 1 amide bonds. The number of nitrogens with zero attached hydrogens (tertiary/aromatic N) is 2. The Morgan fingerprint density at radius 1 is 0.861 bits per heavy atom. The fourth-order valence-corrected chi connectivity index (χ4v) is 3.52. The van der Waals surface area contributed by atoms with Crippen molar-refractivity contribution in [3.05, 3.63) is 84.6 Å². The number of esters is 1. The highest BCUT2D eigenvalue weighted by atomic mass is 16.5. The normalized spacial score (nSPS) is 10.4. The number of carbonyl (C=O) groups is 2. The maximum absolute atomic E-state index is 13.0. The van der Waals surface area contributed by atoms with Gasteiger partial charge in [0.2, 0.25) is 0 Å². The summed E-state index contributed by atoms with van der Waals surface area (Å²) in [5.74, 6) is 0.493. The molecule has 1 aromatic heterocycles. The van der Waals surface area contributed by atoms with Crippen LogP contribution in [0.15, 0.2) is 79.0 Å². The van der Waals surface area contributed by atoms with Crippen molar-refractivity contribution in [3.8, 4) is 34.2 Å². The number of rotatable bonds is 9. The highest BCUT2D eigenvalue weighted by molar-refractivity contribution is 5.99. The maximum atomic E-state index is 13.0. The van der Waals surface area contributed by atoms with E-state index in [4.69, 9.17) is 18.9 Å². The SMILES string of the molecule is COc1ccc(-c2nn(-c3ccccc3)cc2C(=O)OCC(=O)Nc2ccc(OC)c(OC)c2)cc1. The summed E-state index contributed by atoms with van der Waals surface area (Å²) in [6.45, 7) is -0.480. The first-order valence-corrected chi connectivity index (χ1v) is 11.0. The summed E-state index contributed by atoms with van der Waals surface area (Å²) in [4.78, 5) is 25.5. The predicted molar refractivity (Wildman–Crippen MR) is 134 cm³/mol. The van der Waals surface area contributed by atoms with E-state index in [1.54, 1.807) is 60.5 Å². The molecule has 0 saturated heterocycles. The van der Waals surface area contributed by atoms with Crippen LogP contribution in [0.3, 0.4) is 0 Å². The van der Waals surface area contributed by atoms with E-state index in [1.807, 2.05) is 30.3 Å². The summed E-state index contributed by atoms with van der Waals surface area (Å²) in [5, 5.41) is 7.28. The van der Waals surface area contributed by atoms with Crippen LogP contribution < -0.4 is 19.5 Å². The van der Waals surface area contributed by atoms with Gasteiger partial charge in [0.05, 0.1) is 27.0 Å². The lowest BCUT2D eigenvalue weighted by Gasteiger charge is -2.11. The molecule has 0 aliphatic carbocycles. The smallest absolute Gasteiger partial charge is 0.342 e. The van der Waals surface area contributed by atoms with E-state index in [0.717, 1.165) is 5.69 Å². The van der Waals surface area contributed by atoms with Gasteiger partial charge in [0, 0.05) is 23.5 Å². The van der Waals surface area contributed by atoms with Crippen LogP contribution in [0.4, 0.5) is 5.69 Å². The Morgan fingerprint density at radius 3 is 2.25 bits per heavy atom. The van der Waals surface area contributed by atoms with Gasteiger partial charge in [-0.2, -0.15) is 5.10 Å². The number of aromatic nitrogens is 2. The minimum Gasteiger partial charge on any atom is -0.497 e. The number of hydrogen-bond donors (Lipinski definition) is 1. The van der Waals surface area contributed by atoms with Crippen LogP contribution in [-0.4, -0.2) is 49.6 Å². The Kier molecular flexibility index (Phi) is 7.50. The van der Waals surface area contributed by atoms with E-state index in [0.29, 0.717) is 34.2 Å². The van der Waals surface area contributed by atoms with Crippen LogP contribution >= 0.6 is 0 Å². The third-order valence-electron chi connectivity index (χ3n) is 5.32. The molecule has 0 bridgehead atoms. The summed E-state index contributed by atoms with van der Waals surface area (Å²) in [5.41, 5.74) is 2.60. The first-order chi connectivity index (χ1) is 17.5. The van der Waals surface area contributed by atoms with Crippen molar-refractivity contribution < 1.29 is 28.5 Å². The second-order valence-corrected chi connectivity index (χ2v) is 7.59. The highest BCUT2D eigenvalue weighted by Gasteiger charge is 2.21. The molecule has 0 aliphatic rings. The van der Waals surface area contributed by atoms with Gasteiger partial charge in [0.25, 0.3) is 5.91 Å². The number of anilines is 1. The van der Waals surface area contributed by atoms with E-state index >= 15 is 0 Å². The number of carbonyl (C=O) groups excluding carboxylic acids is 2. The highest BCUT2D eigenvalue weighted by Crippen LogP contribution is 2.30. The Labute approximate surface area is 208 Å². The van der Waals surface area contributed by atoms with Gasteiger partial charge in [-0.25, -0.2) is 9.48 Å². The van der Waals surface area contributed by atoms with E-state index in [1.165, 1.54) is 14.2 Å². The number of ether oxygens (including phenoxy) is 4. The van der Waals surface area contributed by atoms with Crippen LogP contribution in [0.5, 0.6) is 17.2 Å². The van der Waals surface area contributed by atoms with Crippen molar-refractivity contribution in [1.29, 1.82) is 0 Å². The van der Waals surface area contributed by atoms with Gasteiger partial charge in [-0.3, -0.25) is 4.79 Å². The quantitative estimate of drug-likeness (QED) is 0.350. The lowest BCUT2D eigenvalue weighted by atomic mass is 10.1. The fraction of sp³-hybridized carbons (Fsp3) is 0.148. The minimum atomic E-state index is -0.675. The molecule has 0 atom stereocenters. The average molecular weight is 488 g/mol. The molecule has 0 saturated carbocycles. The predicted octanol–water partition coefficient (Wildman–Crippen LogP) is 4.36. The van der Waals surface area contributed by atoms with Gasteiger partial charge in [-0.15, -0.1) is 0 Å². The monoisotopic (exact) mass is 487 g/mol. The van der Waals surface area contributed by atoms with Crippen LogP contribution in [0, 0.1) is 0 Å². The average Bonchev–Trinajstić information content (AvgIpc) is 3.38. The van der Waals surface area contributed by atoms with Crippen LogP contribution in [0.25, 0.3) is 16.9 Å². The van der Waals surface area contributed by atoms with Gasteiger partial charge in [-0.05, 0) is 48.5 Å². The third-order valence-corrected chi connectivity index (χ3v) is 5.32. The second-order valence-electron chi connectivity index (χ2n) is 7.59. The Balaban J connectivity index is 1.52. The van der Waals surface area contributed by atoms with E-state index < -0.39 is 18.5 Å². The maximum Gasteiger partial charge on any atom is 0.342 e. The number of benzene rings is 3. The summed E-state index contributed by atoms with van der Waals surface area (Å²) in [7, 11) is 4.60. The fourth-order valence-electron chi connectivity index (χ4n) is 3.52. The zero-order chi connectivity index (χ0) is 25.5. The lowest BCUT2D eigenvalue weighted by Crippen LogP contribution is -2.21. The van der Waals surface area contributed by atoms with Crippen molar-refractivity contribution in [2.24, 2.45) is 0 Å². The van der Waals surface area contributed by atoms with Crippen molar-refractivity contribution >= 4 is 17.6 Å². The molecule has 0 aliphatic heterocycles. The van der Waals surface area contributed by atoms with E-state index in [2.05, 4.69) is 10.4 Å². The first-order valence-electron chi connectivity index (χ1n) is 11.0. The molecule has 0 radical (unpaired) electrons. The Morgan fingerprint density at radius 2 is 1.58 bits per heavy atom. The Hall–Kier alpha value is -4.79. The second kappa shape index (κ2) is 11.1. The summed E-state index contributed by atoms with van der Waals surface area (Å²) >= 11 is 0. The van der Waals surface area contributed by atoms with Crippen molar-refractivity contribution in [2.45, 2.75) is 0 Å². The molecular weight excluding hydrogens is 462 g/mol. The standard InChI is InChI=1S/C27H25N3O6/c1-33-21-12-9-18(10-13-21)26-22(16-30(29-26)20-7-5-4-6-8-20)27(32)36-17-25(31)28-19-11-14-23(34-2)24(15-19)35-3/h4-16H,17H2,1-3H3,(H,28,31). The topological polar surface area (TPSA) is 101 Å². The molecule has 0 spiro atoms. The molecule has 9 heteroatoms. The number of para-hydroxylation sites is 1. The minimum absolute atomic E-state index is 0.225. The van der Waals surface area contributed by atoms with Gasteiger partial charge in [0.15, 0.2) is 18.1 Å². The summed E-state index contributed by atoms with van der Waals surface area (Å²) in [6.07, 6.45) is 1.59. The van der Waals surface area contributed by atoms with Gasteiger partial charge >= 0.3 is 5.97 Å². The number of hydrogen-bond acceptors (Lipinski definition) is 7. The van der Waals surface area contributed by atoms with E-state index in [-0.39, 0.29) is 5.56 Å². The summed E-state index contributed by atoms with van der Waals surface area (Å²) < 4.78 is 22.6.